The minimum atomic E-state index is -0.820. The lowest BCUT2D eigenvalue weighted by atomic mass is 9.91. The monoisotopic (exact) mass is 253 g/mol. The van der Waals surface area contributed by atoms with E-state index in [0.29, 0.717) is 11.8 Å². The molecule has 2 aliphatic rings. The van der Waals surface area contributed by atoms with Crippen LogP contribution < -0.4 is 5.32 Å². The number of rotatable bonds is 3. The molecule has 3 atom stereocenters. The fourth-order valence-electron chi connectivity index (χ4n) is 3.44. The van der Waals surface area contributed by atoms with Gasteiger partial charge in [0.25, 0.3) is 0 Å². The first-order valence-corrected chi connectivity index (χ1v) is 6.92. The third-order valence-electron chi connectivity index (χ3n) is 4.48. The molecule has 2 fully saturated rings. The average Bonchev–Trinajstić information content (AvgIpc) is 2.84. The Hall–Kier alpha value is -1.06. The summed E-state index contributed by atoms with van der Waals surface area (Å²) in [6.07, 6.45) is 5.37. The lowest BCUT2D eigenvalue weighted by Crippen LogP contribution is -2.40. The number of nitrogens with one attached hydrogen (secondary N) is 1. The molecule has 1 unspecified atom stereocenters. The highest BCUT2D eigenvalue weighted by Gasteiger charge is 2.39. The molecule has 0 radical (unpaired) electrons. The van der Waals surface area contributed by atoms with Crippen LogP contribution in [-0.4, -0.2) is 23.0 Å². The Morgan fingerprint density at radius 1 is 1.17 bits per heavy atom. The van der Waals surface area contributed by atoms with Gasteiger partial charge in [-0.3, -0.25) is 9.59 Å². The topological polar surface area (TPSA) is 66.4 Å². The Kier molecular flexibility index (Phi) is 3.64. The minimum absolute atomic E-state index is 0.0393. The molecule has 102 valence electrons. The van der Waals surface area contributed by atoms with Gasteiger partial charge in [-0.25, -0.2) is 0 Å². The summed E-state index contributed by atoms with van der Waals surface area (Å²) in [4.78, 5) is 23.2. The molecular weight excluding hydrogens is 230 g/mol. The van der Waals surface area contributed by atoms with Gasteiger partial charge in [0.15, 0.2) is 0 Å². The van der Waals surface area contributed by atoms with Crippen LogP contribution in [0.25, 0.3) is 0 Å². The van der Waals surface area contributed by atoms with Gasteiger partial charge >= 0.3 is 5.97 Å². The van der Waals surface area contributed by atoms with Gasteiger partial charge in [-0.15, -0.1) is 0 Å². The molecule has 2 rings (SSSR count). The summed E-state index contributed by atoms with van der Waals surface area (Å²) in [6.45, 7) is 4.43. The maximum Gasteiger partial charge on any atom is 0.307 e. The molecule has 0 spiro atoms. The van der Waals surface area contributed by atoms with Gasteiger partial charge in [-0.2, -0.15) is 0 Å². The van der Waals surface area contributed by atoms with Crippen molar-refractivity contribution in [2.75, 3.05) is 0 Å². The number of amides is 1. The Labute approximate surface area is 108 Å². The number of hydrogen-bond donors (Lipinski definition) is 2. The second kappa shape index (κ2) is 4.90. The summed E-state index contributed by atoms with van der Waals surface area (Å²) in [6, 6.07) is 0.238. The van der Waals surface area contributed by atoms with Gasteiger partial charge in [0.2, 0.25) is 5.91 Å². The van der Waals surface area contributed by atoms with E-state index in [9.17, 15) is 9.59 Å². The molecule has 0 aromatic heterocycles. The largest absolute Gasteiger partial charge is 0.481 e. The van der Waals surface area contributed by atoms with Gasteiger partial charge in [0.1, 0.15) is 0 Å². The van der Waals surface area contributed by atoms with E-state index < -0.39 is 11.9 Å². The van der Waals surface area contributed by atoms with Crippen molar-refractivity contribution >= 4 is 11.9 Å². The van der Waals surface area contributed by atoms with Crippen molar-refractivity contribution in [1.82, 2.24) is 5.32 Å². The van der Waals surface area contributed by atoms with Crippen LogP contribution in [0.1, 0.15) is 52.4 Å². The van der Waals surface area contributed by atoms with Crippen molar-refractivity contribution in [1.29, 1.82) is 0 Å². The molecule has 1 amide bonds. The molecule has 2 aliphatic carbocycles. The van der Waals surface area contributed by atoms with Crippen molar-refractivity contribution in [3.63, 3.8) is 0 Å². The second-order valence-corrected chi connectivity index (χ2v) is 6.59. The first-order chi connectivity index (χ1) is 8.39. The molecule has 0 heterocycles. The molecule has 0 bridgehead atoms. The molecule has 2 N–H and O–H groups in total. The van der Waals surface area contributed by atoms with Gasteiger partial charge in [-0.05, 0) is 37.5 Å². The quantitative estimate of drug-likeness (QED) is 0.810. The molecule has 18 heavy (non-hydrogen) atoms. The van der Waals surface area contributed by atoms with E-state index in [1.807, 2.05) is 0 Å². The van der Waals surface area contributed by atoms with Crippen LogP contribution in [0.5, 0.6) is 0 Å². The van der Waals surface area contributed by atoms with E-state index in [0.717, 1.165) is 32.1 Å². The number of aliphatic carboxylic acids is 1. The zero-order chi connectivity index (χ0) is 13.3. The Morgan fingerprint density at radius 3 is 2.39 bits per heavy atom. The molecule has 0 aromatic carbocycles. The predicted molar refractivity (Wildman–Crippen MR) is 68.0 cm³/mol. The maximum absolute atomic E-state index is 12.2. The summed E-state index contributed by atoms with van der Waals surface area (Å²) in [5.74, 6) is -1.65. The highest BCUT2D eigenvalue weighted by atomic mass is 16.4. The van der Waals surface area contributed by atoms with Gasteiger partial charge in [-0.1, -0.05) is 20.3 Å². The van der Waals surface area contributed by atoms with E-state index >= 15 is 0 Å². The predicted octanol–water partition coefficient (Wildman–Crippen LogP) is 2.18. The highest BCUT2D eigenvalue weighted by molar-refractivity contribution is 5.85. The van der Waals surface area contributed by atoms with Crippen molar-refractivity contribution in [3.05, 3.63) is 0 Å². The first-order valence-electron chi connectivity index (χ1n) is 6.92. The number of carbonyl (C=O) groups excluding carboxylic acids is 1. The highest BCUT2D eigenvalue weighted by Crippen LogP contribution is 2.38. The van der Waals surface area contributed by atoms with E-state index in [4.69, 9.17) is 5.11 Å². The SMILES string of the molecule is CC1(C)CCC(NC(=O)[C@@H]2CCC[C@@H]2C(=O)O)C1. The number of carboxylic acid groups (broad SMARTS) is 1. The minimum Gasteiger partial charge on any atom is -0.481 e. The second-order valence-electron chi connectivity index (χ2n) is 6.59. The van der Waals surface area contributed by atoms with Crippen LogP contribution in [0.2, 0.25) is 0 Å². The molecule has 2 saturated carbocycles. The smallest absolute Gasteiger partial charge is 0.307 e. The Balaban J connectivity index is 1.90. The van der Waals surface area contributed by atoms with Crippen molar-refractivity contribution in [2.45, 2.75) is 58.4 Å². The van der Waals surface area contributed by atoms with Crippen molar-refractivity contribution in [3.8, 4) is 0 Å². The average molecular weight is 253 g/mol. The van der Waals surface area contributed by atoms with E-state index in [1.165, 1.54) is 0 Å². The summed E-state index contributed by atoms with van der Waals surface area (Å²) < 4.78 is 0. The van der Waals surface area contributed by atoms with Gasteiger partial charge in [0, 0.05) is 6.04 Å². The molecule has 4 nitrogen and oxygen atoms in total. The third-order valence-corrected chi connectivity index (χ3v) is 4.48. The van der Waals surface area contributed by atoms with Crippen LogP contribution in [-0.2, 0) is 9.59 Å². The van der Waals surface area contributed by atoms with E-state index in [2.05, 4.69) is 19.2 Å². The molecule has 0 aromatic rings. The molecule has 0 saturated heterocycles. The van der Waals surface area contributed by atoms with Crippen LogP contribution in [0.15, 0.2) is 0 Å². The summed E-state index contributed by atoms with van der Waals surface area (Å²) >= 11 is 0. The number of carbonyl (C=O) groups is 2. The van der Waals surface area contributed by atoms with Crippen LogP contribution >= 0.6 is 0 Å². The van der Waals surface area contributed by atoms with Crippen molar-refractivity contribution < 1.29 is 14.7 Å². The fourth-order valence-corrected chi connectivity index (χ4v) is 3.44. The maximum atomic E-state index is 12.2. The van der Waals surface area contributed by atoms with E-state index in [-0.39, 0.29) is 17.9 Å². The van der Waals surface area contributed by atoms with E-state index in [1.54, 1.807) is 0 Å². The van der Waals surface area contributed by atoms with Gasteiger partial charge in [0.05, 0.1) is 11.8 Å². The lowest BCUT2D eigenvalue weighted by molar-refractivity contribution is -0.146. The normalized spacial score (nSPS) is 34.4. The number of hydrogen-bond acceptors (Lipinski definition) is 2. The fraction of sp³-hybridized carbons (Fsp3) is 0.857. The van der Waals surface area contributed by atoms with Crippen molar-refractivity contribution in [2.24, 2.45) is 17.3 Å². The zero-order valence-corrected chi connectivity index (χ0v) is 11.2. The number of carboxylic acids is 1. The molecule has 4 heteroatoms. The standard InChI is InChI=1S/C14H23NO3/c1-14(2)7-6-9(8-14)15-12(16)10-4-3-5-11(10)13(17)18/h9-11H,3-8H2,1-2H3,(H,15,16)(H,17,18)/t9?,10-,11+/m1/s1. The molecular formula is C14H23NO3. The summed E-state index contributed by atoms with van der Waals surface area (Å²) in [7, 11) is 0. The summed E-state index contributed by atoms with van der Waals surface area (Å²) in [5, 5.41) is 12.2. The van der Waals surface area contributed by atoms with Crippen LogP contribution in [0, 0.1) is 17.3 Å². The first kappa shape index (κ1) is 13.4. The zero-order valence-electron chi connectivity index (χ0n) is 11.2. The lowest BCUT2D eigenvalue weighted by Gasteiger charge is -2.21. The Morgan fingerprint density at radius 2 is 1.83 bits per heavy atom. The Bertz CT molecular complexity index is 351. The van der Waals surface area contributed by atoms with Crippen LogP contribution in [0.3, 0.4) is 0 Å². The van der Waals surface area contributed by atoms with Crippen LogP contribution in [0.4, 0.5) is 0 Å². The third kappa shape index (κ3) is 2.85. The molecule has 0 aliphatic heterocycles. The van der Waals surface area contributed by atoms with Gasteiger partial charge < -0.3 is 10.4 Å². The summed E-state index contributed by atoms with van der Waals surface area (Å²) in [5.41, 5.74) is 0.305.